The topological polar surface area (TPSA) is 93.7 Å². The number of hydrogen-bond donors (Lipinski definition) is 2. The zero-order valence-corrected chi connectivity index (χ0v) is 13.9. The molecule has 0 radical (unpaired) electrons. The number of benzene rings is 2. The maximum absolute atomic E-state index is 12.2. The minimum Gasteiger partial charge on any atom is -0.497 e. The van der Waals surface area contributed by atoms with Gasteiger partial charge in [-0.25, -0.2) is 0 Å². The van der Waals surface area contributed by atoms with E-state index in [1.165, 1.54) is 14.2 Å². The van der Waals surface area contributed by atoms with E-state index in [1.807, 2.05) is 0 Å². The highest BCUT2D eigenvalue weighted by Gasteiger charge is 2.10. The van der Waals surface area contributed by atoms with Gasteiger partial charge in [0.05, 0.1) is 14.2 Å². The van der Waals surface area contributed by atoms with E-state index in [9.17, 15) is 14.4 Å². The molecule has 7 heteroatoms. The van der Waals surface area contributed by atoms with Crippen LogP contribution in [0.3, 0.4) is 0 Å². The second-order valence-corrected chi connectivity index (χ2v) is 5.02. The number of hydrogen-bond acceptors (Lipinski definition) is 5. The molecular formula is C18H18N2O5. The first-order valence-corrected chi connectivity index (χ1v) is 7.44. The van der Waals surface area contributed by atoms with Crippen LogP contribution >= 0.6 is 0 Å². The molecule has 0 fully saturated rings. The fourth-order valence-corrected chi connectivity index (χ4v) is 2.00. The van der Waals surface area contributed by atoms with Gasteiger partial charge in [0, 0.05) is 16.8 Å². The number of esters is 1. The molecule has 0 aliphatic heterocycles. The molecule has 25 heavy (non-hydrogen) atoms. The highest BCUT2D eigenvalue weighted by atomic mass is 16.5. The maximum Gasteiger partial charge on any atom is 0.325 e. The Kier molecular flexibility index (Phi) is 6.11. The van der Waals surface area contributed by atoms with Gasteiger partial charge in [0.25, 0.3) is 11.8 Å². The van der Waals surface area contributed by atoms with Gasteiger partial charge in [0.2, 0.25) is 0 Å². The van der Waals surface area contributed by atoms with Crippen molar-refractivity contribution in [3.8, 4) is 5.75 Å². The second-order valence-electron chi connectivity index (χ2n) is 5.02. The van der Waals surface area contributed by atoms with Crippen LogP contribution in [0.4, 0.5) is 5.69 Å². The molecule has 2 rings (SSSR count). The lowest BCUT2D eigenvalue weighted by Gasteiger charge is -2.08. The summed E-state index contributed by atoms with van der Waals surface area (Å²) in [6.07, 6.45) is 0. The van der Waals surface area contributed by atoms with Crippen LogP contribution in [0.5, 0.6) is 5.75 Å². The number of ether oxygens (including phenoxy) is 2. The molecule has 2 aromatic rings. The largest absolute Gasteiger partial charge is 0.497 e. The van der Waals surface area contributed by atoms with Crippen molar-refractivity contribution >= 4 is 23.5 Å². The summed E-state index contributed by atoms with van der Waals surface area (Å²) in [5.74, 6) is -0.640. The number of nitrogens with one attached hydrogen (secondary N) is 2. The second kappa shape index (κ2) is 8.49. The van der Waals surface area contributed by atoms with E-state index in [4.69, 9.17) is 4.74 Å². The first kappa shape index (κ1) is 18.0. The Morgan fingerprint density at radius 2 is 1.64 bits per heavy atom. The molecule has 0 heterocycles. The molecule has 0 saturated heterocycles. The third-order valence-electron chi connectivity index (χ3n) is 3.36. The van der Waals surface area contributed by atoms with Gasteiger partial charge in [-0.05, 0) is 42.5 Å². The van der Waals surface area contributed by atoms with Crippen molar-refractivity contribution in [2.45, 2.75) is 0 Å². The standard InChI is InChI=1S/C18H18N2O5/c1-24-15-5-3-4-13(10-15)18(23)20-14-8-6-12(7-9-14)17(22)19-11-16(21)25-2/h3-10H,11H2,1-2H3,(H,19,22)(H,20,23). The normalized spacial score (nSPS) is 9.84. The van der Waals surface area contributed by atoms with Gasteiger partial charge in [-0.15, -0.1) is 0 Å². The SMILES string of the molecule is COC(=O)CNC(=O)c1ccc(NC(=O)c2cccc(OC)c2)cc1. The van der Waals surface area contributed by atoms with E-state index >= 15 is 0 Å². The minimum atomic E-state index is -0.532. The first-order valence-electron chi connectivity index (χ1n) is 7.44. The van der Waals surface area contributed by atoms with Gasteiger partial charge in [0.15, 0.2) is 0 Å². The monoisotopic (exact) mass is 342 g/mol. The maximum atomic E-state index is 12.2. The smallest absolute Gasteiger partial charge is 0.325 e. The molecule has 0 aliphatic rings. The Morgan fingerprint density at radius 3 is 2.28 bits per heavy atom. The Morgan fingerprint density at radius 1 is 0.920 bits per heavy atom. The molecule has 0 aromatic heterocycles. The number of carbonyl (C=O) groups excluding carboxylic acids is 3. The van der Waals surface area contributed by atoms with Gasteiger partial charge in [-0.3, -0.25) is 14.4 Å². The molecule has 0 unspecified atom stereocenters. The fraction of sp³-hybridized carbons (Fsp3) is 0.167. The Labute approximate surface area is 144 Å². The van der Waals surface area contributed by atoms with Crippen LogP contribution in [0.25, 0.3) is 0 Å². The summed E-state index contributed by atoms with van der Waals surface area (Å²) in [4.78, 5) is 35.1. The Balaban J connectivity index is 1.98. The number of carbonyl (C=O) groups is 3. The van der Waals surface area contributed by atoms with Crippen LogP contribution in [-0.4, -0.2) is 38.5 Å². The van der Waals surface area contributed by atoms with E-state index in [-0.39, 0.29) is 12.5 Å². The van der Waals surface area contributed by atoms with E-state index in [0.717, 1.165) is 0 Å². The van der Waals surface area contributed by atoms with Crippen LogP contribution in [-0.2, 0) is 9.53 Å². The van der Waals surface area contributed by atoms with Crippen molar-refractivity contribution in [2.75, 3.05) is 26.1 Å². The lowest BCUT2D eigenvalue weighted by Crippen LogP contribution is -2.30. The van der Waals surface area contributed by atoms with Gasteiger partial charge in [-0.2, -0.15) is 0 Å². The molecule has 0 atom stereocenters. The first-order chi connectivity index (χ1) is 12.0. The molecule has 7 nitrogen and oxygen atoms in total. The Bertz CT molecular complexity index is 771. The van der Waals surface area contributed by atoms with Gasteiger partial charge in [0.1, 0.15) is 12.3 Å². The summed E-state index contributed by atoms with van der Waals surface area (Å²) in [5, 5.41) is 5.17. The molecule has 130 valence electrons. The predicted octanol–water partition coefficient (Wildman–Crippen LogP) is 1.85. The van der Waals surface area contributed by atoms with E-state index < -0.39 is 11.9 Å². The van der Waals surface area contributed by atoms with Crippen molar-refractivity contribution < 1.29 is 23.9 Å². The predicted molar refractivity (Wildman–Crippen MR) is 91.7 cm³/mol. The molecule has 0 bridgehead atoms. The molecular weight excluding hydrogens is 324 g/mol. The molecule has 2 amide bonds. The van der Waals surface area contributed by atoms with Crippen LogP contribution in [0.2, 0.25) is 0 Å². The zero-order chi connectivity index (χ0) is 18.2. The average molecular weight is 342 g/mol. The van der Waals surface area contributed by atoms with Crippen molar-refractivity contribution in [1.82, 2.24) is 5.32 Å². The summed E-state index contributed by atoms with van der Waals surface area (Å²) in [7, 11) is 2.77. The van der Waals surface area contributed by atoms with Gasteiger partial charge >= 0.3 is 5.97 Å². The van der Waals surface area contributed by atoms with E-state index in [0.29, 0.717) is 22.6 Å². The summed E-state index contributed by atoms with van der Waals surface area (Å²) in [5.41, 5.74) is 1.36. The summed E-state index contributed by atoms with van der Waals surface area (Å²) in [6.45, 7) is -0.205. The fourth-order valence-electron chi connectivity index (χ4n) is 2.00. The van der Waals surface area contributed by atoms with Crippen molar-refractivity contribution in [2.24, 2.45) is 0 Å². The highest BCUT2D eigenvalue weighted by Crippen LogP contribution is 2.15. The lowest BCUT2D eigenvalue weighted by molar-refractivity contribution is -0.139. The Hall–Kier alpha value is -3.35. The van der Waals surface area contributed by atoms with Gasteiger partial charge < -0.3 is 20.1 Å². The van der Waals surface area contributed by atoms with E-state index in [2.05, 4.69) is 15.4 Å². The number of amides is 2. The lowest BCUT2D eigenvalue weighted by atomic mass is 10.1. The average Bonchev–Trinajstić information content (AvgIpc) is 2.66. The number of rotatable bonds is 6. The zero-order valence-electron chi connectivity index (χ0n) is 13.9. The van der Waals surface area contributed by atoms with Crippen LogP contribution in [0.15, 0.2) is 48.5 Å². The third kappa shape index (κ3) is 5.07. The van der Waals surface area contributed by atoms with E-state index in [1.54, 1.807) is 48.5 Å². The third-order valence-corrected chi connectivity index (χ3v) is 3.36. The molecule has 0 spiro atoms. The quantitative estimate of drug-likeness (QED) is 0.782. The van der Waals surface area contributed by atoms with Crippen LogP contribution in [0, 0.1) is 0 Å². The van der Waals surface area contributed by atoms with Gasteiger partial charge in [-0.1, -0.05) is 6.07 Å². The molecule has 0 aliphatic carbocycles. The molecule has 2 aromatic carbocycles. The van der Waals surface area contributed by atoms with Crippen molar-refractivity contribution in [3.05, 3.63) is 59.7 Å². The number of methoxy groups -OCH3 is 2. The van der Waals surface area contributed by atoms with Crippen LogP contribution < -0.4 is 15.4 Å². The van der Waals surface area contributed by atoms with Crippen LogP contribution in [0.1, 0.15) is 20.7 Å². The minimum absolute atomic E-state index is 0.205. The van der Waals surface area contributed by atoms with Crippen molar-refractivity contribution in [1.29, 1.82) is 0 Å². The molecule has 2 N–H and O–H groups in total. The van der Waals surface area contributed by atoms with Crippen molar-refractivity contribution in [3.63, 3.8) is 0 Å². The summed E-state index contributed by atoms with van der Waals surface area (Å²) >= 11 is 0. The highest BCUT2D eigenvalue weighted by molar-refractivity contribution is 6.04. The summed E-state index contributed by atoms with van der Waals surface area (Å²) < 4.78 is 9.54. The number of anilines is 1. The summed E-state index contributed by atoms with van der Waals surface area (Å²) in [6, 6.07) is 13.1. The molecule has 0 saturated carbocycles.